The van der Waals surface area contributed by atoms with Crippen LogP contribution in [0.3, 0.4) is 0 Å². The summed E-state index contributed by atoms with van der Waals surface area (Å²) in [5.74, 6) is 0.270. The molecule has 2 heterocycles. The van der Waals surface area contributed by atoms with Crippen LogP contribution in [0, 0.1) is 0 Å². The number of nitrogens with one attached hydrogen (secondary N) is 2. The predicted octanol–water partition coefficient (Wildman–Crippen LogP) is 0.111. The lowest BCUT2D eigenvalue weighted by atomic mass is 10.3. The molecule has 1 aromatic rings. The summed E-state index contributed by atoms with van der Waals surface area (Å²) in [4.78, 5) is 18.0. The van der Waals surface area contributed by atoms with Crippen molar-refractivity contribution in [1.82, 2.24) is 9.88 Å². The van der Waals surface area contributed by atoms with Gasteiger partial charge in [-0.25, -0.2) is 4.98 Å². The van der Waals surface area contributed by atoms with Crippen LogP contribution in [0.15, 0.2) is 18.3 Å². The third-order valence-electron chi connectivity index (χ3n) is 3.29. The van der Waals surface area contributed by atoms with Gasteiger partial charge in [-0.2, -0.15) is 0 Å². The first-order chi connectivity index (χ1) is 10.1. The summed E-state index contributed by atoms with van der Waals surface area (Å²) in [7, 11) is 0. The molecule has 21 heavy (non-hydrogen) atoms. The standard InChI is InChI=1S/C14H23N5O2/c1-11(15)14(20)18-13-3-2-12(10-17-13)16-4-5-19-6-8-21-9-7-19/h2-3,10-11,16H,4-9,15H2,1H3,(H,17,18,20). The van der Waals surface area contributed by atoms with Gasteiger partial charge in [0.25, 0.3) is 0 Å². The minimum atomic E-state index is -0.543. The average molecular weight is 293 g/mol. The summed E-state index contributed by atoms with van der Waals surface area (Å²) in [5, 5.41) is 5.96. The molecule has 0 bridgehead atoms. The van der Waals surface area contributed by atoms with Gasteiger partial charge in [0.1, 0.15) is 5.82 Å². The predicted molar refractivity (Wildman–Crippen MR) is 82.3 cm³/mol. The number of pyridine rings is 1. The molecule has 0 spiro atoms. The molecular weight excluding hydrogens is 270 g/mol. The Hall–Kier alpha value is -1.70. The zero-order valence-electron chi connectivity index (χ0n) is 12.3. The van der Waals surface area contributed by atoms with Crippen LogP contribution in [0.2, 0.25) is 0 Å². The number of nitrogens with zero attached hydrogens (tertiary/aromatic N) is 2. The molecule has 2 rings (SSSR count). The molecule has 7 heteroatoms. The highest BCUT2D eigenvalue weighted by Crippen LogP contribution is 2.09. The molecule has 1 unspecified atom stereocenters. The Labute approximate surface area is 124 Å². The van der Waals surface area contributed by atoms with Gasteiger partial charge in [0.05, 0.1) is 31.1 Å². The van der Waals surface area contributed by atoms with Crippen molar-refractivity contribution in [2.75, 3.05) is 50.0 Å². The lowest BCUT2D eigenvalue weighted by Crippen LogP contribution is -2.39. The Balaban J connectivity index is 1.73. The van der Waals surface area contributed by atoms with E-state index in [0.29, 0.717) is 5.82 Å². The monoisotopic (exact) mass is 293 g/mol. The van der Waals surface area contributed by atoms with Crippen molar-refractivity contribution in [1.29, 1.82) is 0 Å². The number of nitrogens with two attached hydrogens (primary N) is 1. The number of ether oxygens (including phenoxy) is 1. The van der Waals surface area contributed by atoms with Crippen molar-refractivity contribution in [3.05, 3.63) is 18.3 Å². The largest absolute Gasteiger partial charge is 0.383 e. The second-order valence-corrected chi connectivity index (χ2v) is 5.09. The fourth-order valence-electron chi connectivity index (χ4n) is 2.00. The maximum absolute atomic E-state index is 11.4. The van der Waals surface area contributed by atoms with Crippen LogP contribution in [-0.4, -0.2) is 61.2 Å². The number of anilines is 2. The Morgan fingerprint density at radius 1 is 1.48 bits per heavy atom. The van der Waals surface area contributed by atoms with Crippen LogP contribution < -0.4 is 16.4 Å². The van der Waals surface area contributed by atoms with E-state index in [1.807, 2.05) is 6.07 Å². The lowest BCUT2D eigenvalue weighted by Gasteiger charge is -2.26. The Bertz CT molecular complexity index is 443. The van der Waals surface area contributed by atoms with Gasteiger partial charge in [0.15, 0.2) is 0 Å². The van der Waals surface area contributed by atoms with Crippen LogP contribution in [0.25, 0.3) is 0 Å². The van der Waals surface area contributed by atoms with Crippen molar-refractivity contribution >= 4 is 17.4 Å². The summed E-state index contributed by atoms with van der Waals surface area (Å²) in [6.07, 6.45) is 1.70. The zero-order valence-corrected chi connectivity index (χ0v) is 12.3. The second kappa shape index (κ2) is 7.92. The van der Waals surface area contributed by atoms with E-state index in [1.54, 1.807) is 19.2 Å². The second-order valence-electron chi connectivity index (χ2n) is 5.09. The van der Waals surface area contributed by atoms with Crippen LogP contribution in [-0.2, 0) is 9.53 Å². The molecule has 0 radical (unpaired) electrons. The number of hydrogen-bond donors (Lipinski definition) is 3. The van der Waals surface area contributed by atoms with E-state index >= 15 is 0 Å². The summed E-state index contributed by atoms with van der Waals surface area (Å²) >= 11 is 0. The quantitative estimate of drug-likeness (QED) is 0.689. The fraction of sp³-hybridized carbons (Fsp3) is 0.571. The highest BCUT2D eigenvalue weighted by atomic mass is 16.5. The van der Waals surface area contributed by atoms with Crippen LogP contribution in [0.1, 0.15) is 6.92 Å². The molecular formula is C14H23N5O2. The van der Waals surface area contributed by atoms with E-state index in [1.165, 1.54) is 0 Å². The van der Waals surface area contributed by atoms with E-state index < -0.39 is 6.04 Å². The van der Waals surface area contributed by atoms with Gasteiger partial charge in [-0.3, -0.25) is 9.69 Å². The highest BCUT2D eigenvalue weighted by molar-refractivity contribution is 5.93. The van der Waals surface area contributed by atoms with E-state index in [9.17, 15) is 4.79 Å². The van der Waals surface area contributed by atoms with Gasteiger partial charge in [0.2, 0.25) is 5.91 Å². The van der Waals surface area contributed by atoms with Crippen molar-refractivity contribution in [2.45, 2.75) is 13.0 Å². The van der Waals surface area contributed by atoms with Gasteiger partial charge in [-0.15, -0.1) is 0 Å². The smallest absolute Gasteiger partial charge is 0.242 e. The van der Waals surface area contributed by atoms with Gasteiger partial charge in [-0.05, 0) is 19.1 Å². The third-order valence-corrected chi connectivity index (χ3v) is 3.29. The molecule has 0 saturated carbocycles. The van der Waals surface area contributed by atoms with Crippen LogP contribution in [0.5, 0.6) is 0 Å². The summed E-state index contributed by atoms with van der Waals surface area (Å²) in [5.41, 5.74) is 6.42. The van der Waals surface area contributed by atoms with Gasteiger partial charge >= 0.3 is 0 Å². The fourth-order valence-corrected chi connectivity index (χ4v) is 2.00. The van der Waals surface area contributed by atoms with Crippen molar-refractivity contribution < 1.29 is 9.53 Å². The molecule has 1 atom stereocenters. The number of aromatic nitrogens is 1. The zero-order chi connectivity index (χ0) is 15.1. The summed E-state index contributed by atoms with van der Waals surface area (Å²) in [6.45, 7) is 7.08. The Kier molecular flexibility index (Phi) is 5.91. The first-order valence-electron chi connectivity index (χ1n) is 7.21. The number of amides is 1. The normalized spacial score (nSPS) is 17.2. The molecule has 1 amide bonds. The molecule has 7 nitrogen and oxygen atoms in total. The SMILES string of the molecule is CC(N)C(=O)Nc1ccc(NCCN2CCOCC2)cn1. The molecule has 116 valence electrons. The first-order valence-corrected chi connectivity index (χ1v) is 7.21. The maximum atomic E-state index is 11.4. The molecule has 0 aromatic carbocycles. The van der Waals surface area contributed by atoms with Crippen molar-refractivity contribution in [3.8, 4) is 0 Å². The first kappa shape index (κ1) is 15.7. The van der Waals surface area contributed by atoms with E-state index in [4.69, 9.17) is 10.5 Å². The number of hydrogen-bond acceptors (Lipinski definition) is 6. The van der Waals surface area contributed by atoms with E-state index in [-0.39, 0.29) is 5.91 Å². The molecule has 1 aromatic heterocycles. The molecule has 1 aliphatic rings. The summed E-state index contributed by atoms with van der Waals surface area (Å²) in [6, 6.07) is 3.11. The third kappa shape index (κ3) is 5.30. The van der Waals surface area contributed by atoms with Gasteiger partial charge < -0.3 is 21.1 Å². The minimum absolute atomic E-state index is 0.240. The number of rotatable bonds is 6. The molecule has 4 N–H and O–H groups in total. The Morgan fingerprint density at radius 3 is 2.86 bits per heavy atom. The van der Waals surface area contributed by atoms with Crippen molar-refractivity contribution in [3.63, 3.8) is 0 Å². The van der Waals surface area contributed by atoms with Crippen LogP contribution in [0.4, 0.5) is 11.5 Å². The molecule has 1 saturated heterocycles. The Morgan fingerprint density at radius 2 is 2.24 bits per heavy atom. The maximum Gasteiger partial charge on any atom is 0.242 e. The molecule has 1 fully saturated rings. The number of morpholine rings is 1. The molecule has 0 aliphatic carbocycles. The lowest BCUT2D eigenvalue weighted by molar-refractivity contribution is -0.117. The average Bonchev–Trinajstić information content (AvgIpc) is 2.50. The number of carbonyl (C=O) groups excluding carboxylic acids is 1. The minimum Gasteiger partial charge on any atom is -0.383 e. The number of carbonyl (C=O) groups is 1. The topological polar surface area (TPSA) is 92.5 Å². The van der Waals surface area contributed by atoms with Crippen molar-refractivity contribution in [2.24, 2.45) is 5.73 Å². The van der Waals surface area contributed by atoms with E-state index in [0.717, 1.165) is 45.1 Å². The van der Waals surface area contributed by atoms with Crippen LogP contribution >= 0.6 is 0 Å². The molecule has 1 aliphatic heterocycles. The van der Waals surface area contributed by atoms with Gasteiger partial charge in [-0.1, -0.05) is 0 Å². The highest BCUT2D eigenvalue weighted by Gasteiger charge is 2.10. The van der Waals surface area contributed by atoms with Gasteiger partial charge in [0, 0.05) is 26.2 Å². The van der Waals surface area contributed by atoms with E-state index in [2.05, 4.69) is 20.5 Å². The summed E-state index contributed by atoms with van der Waals surface area (Å²) < 4.78 is 5.31.